The second-order valence-corrected chi connectivity index (χ2v) is 9.02. The molecular formula is C29H37NO3. The standard InChI is InChI=1S/C23H31NO3.C6H6/c1-4-5-12-24-13-14-26-19-9-6-17(7-10-19)21-16-23(2,3)27-22-15-18(25)8-11-20(21)22;1-2-4-6-5-3-1/h6-11,15,21,24-25H,4-5,12-14,16H2,1-3H3;1-6H/t21-;/m1./s1. The monoisotopic (exact) mass is 447 g/mol. The maximum atomic E-state index is 9.80. The van der Waals surface area contributed by atoms with Gasteiger partial charge >= 0.3 is 0 Å². The Kier molecular flexibility index (Phi) is 9.20. The van der Waals surface area contributed by atoms with Crippen LogP contribution in [0.3, 0.4) is 0 Å². The Labute approximate surface area is 198 Å². The molecular weight excluding hydrogens is 410 g/mol. The molecule has 0 bridgehead atoms. The van der Waals surface area contributed by atoms with Crippen molar-refractivity contribution in [1.29, 1.82) is 0 Å². The summed E-state index contributed by atoms with van der Waals surface area (Å²) >= 11 is 0. The summed E-state index contributed by atoms with van der Waals surface area (Å²) in [6, 6.07) is 25.8. The number of hydrogen-bond acceptors (Lipinski definition) is 4. The quantitative estimate of drug-likeness (QED) is 0.385. The summed E-state index contributed by atoms with van der Waals surface area (Å²) < 4.78 is 11.9. The van der Waals surface area contributed by atoms with Gasteiger partial charge in [-0.1, -0.05) is 67.9 Å². The van der Waals surface area contributed by atoms with Crippen molar-refractivity contribution in [1.82, 2.24) is 5.32 Å². The van der Waals surface area contributed by atoms with Gasteiger partial charge in [0.05, 0.1) is 0 Å². The molecule has 0 saturated carbocycles. The van der Waals surface area contributed by atoms with Crippen molar-refractivity contribution in [3.63, 3.8) is 0 Å². The van der Waals surface area contributed by atoms with Gasteiger partial charge in [0.1, 0.15) is 29.5 Å². The van der Waals surface area contributed by atoms with E-state index in [0.29, 0.717) is 6.61 Å². The van der Waals surface area contributed by atoms with Gasteiger partial charge in [0.2, 0.25) is 0 Å². The highest BCUT2D eigenvalue weighted by molar-refractivity contribution is 5.48. The molecule has 4 rings (SSSR count). The van der Waals surface area contributed by atoms with E-state index in [4.69, 9.17) is 9.47 Å². The molecule has 1 aliphatic rings. The number of phenolic OH excluding ortho intramolecular Hbond substituents is 1. The molecule has 1 atom stereocenters. The van der Waals surface area contributed by atoms with Crippen LogP contribution in [-0.2, 0) is 0 Å². The first-order chi connectivity index (χ1) is 16.0. The van der Waals surface area contributed by atoms with Crippen molar-refractivity contribution in [3.8, 4) is 17.2 Å². The fraction of sp³-hybridized carbons (Fsp3) is 0.379. The topological polar surface area (TPSA) is 50.7 Å². The zero-order valence-corrected chi connectivity index (χ0v) is 20.1. The average molecular weight is 448 g/mol. The number of aromatic hydroxyl groups is 1. The van der Waals surface area contributed by atoms with Crippen molar-refractivity contribution in [2.45, 2.75) is 51.6 Å². The number of unbranched alkanes of at least 4 members (excludes halogenated alkanes) is 1. The Morgan fingerprint density at radius 1 is 0.970 bits per heavy atom. The summed E-state index contributed by atoms with van der Waals surface area (Å²) in [6.45, 7) is 8.97. The van der Waals surface area contributed by atoms with Crippen LogP contribution in [0, 0.1) is 0 Å². The van der Waals surface area contributed by atoms with Crippen molar-refractivity contribution >= 4 is 0 Å². The number of nitrogens with one attached hydrogen (secondary N) is 1. The Morgan fingerprint density at radius 3 is 2.27 bits per heavy atom. The molecule has 3 aromatic rings. The lowest BCUT2D eigenvalue weighted by atomic mass is 9.80. The maximum Gasteiger partial charge on any atom is 0.127 e. The predicted molar refractivity (Wildman–Crippen MR) is 135 cm³/mol. The van der Waals surface area contributed by atoms with Gasteiger partial charge in [-0.05, 0) is 57.0 Å². The number of rotatable bonds is 8. The molecule has 3 aromatic carbocycles. The Morgan fingerprint density at radius 2 is 1.64 bits per heavy atom. The largest absolute Gasteiger partial charge is 0.508 e. The molecule has 0 saturated heterocycles. The lowest BCUT2D eigenvalue weighted by Crippen LogP contribution is -2.35. The van der Waals surface area contributed by atoms with Crippen LogP contribution in [-0.4, -0.2) is 30.4 Å². The molecule has 33 heavy (non-hydrogen) atoms. The summed E-state index contributed by atoms with van der Waals surface area (Å²) in [7, 11) is 0. The van der Waals surface area contributed by atoms with Crippen LogP contribution in [0.15, 0.2) is 78.9 Å². The van der Waals surface area contributed by atoms with E-state index in [0.717, 1.165) is 36.6 Å². The zero-order valence-electron chi connectivity index (χ0n) is 20.1. The number of ether oxygens (including phenoxy) is 2. The Balaban J connectivity index is 0.000000442. The van der Waals surface area contributed by atoms with Gasteiger partial charge in [0.25, 0.3) is 0 Å². The number of fused-ring (bicyclic) bond motifs is 1. The van der Waals surface area contributed by atoms with Gasteiger partial charge < -0.3 is 19.9 Å². The molecule has 0 spiro atoms. The van der Waals surface area contributed by atoms with Gasteiger partial charge in [0.15, 0.2) is 0 Å². The zero-order chi connectivity index (χ0) is 23.5. The summed E-state index contributed by atoms with van der Waals surface area (Å²) in [5.74, 6) is 2.15. The highest BCUT2D eigenvalue weighted by Crippen LogP contribution is 2.45. The highest BCUT2D eigenvalue weighted by Gasteiger charge is 2.34. The minimum Gasteiger partial charge on any atom is -0.508 e. The first-order valence-electron chi connectivity index (χ1n) is 11.9. The van der Waals surface area contributed by atoms with Crippen LogP contribution in [0.5, 0.6) is 17.2 Å². The van der Waals surface area contributed by atoms with Crippen LogP contribution in [0.25, 0.3) is 0 Å². The van der Waals surface area contributed by atoms with Gasteiger partial charge in [0, 0.05) is 24.1 Å². The van der Waals surface area contributed by atoms with Crippen LogP contribution in [0.4, 0.5) is 0 Å². The average Bonchev–Trinajstić information content (AvgIpc) is 2.82. The van der Waals surface area contributed by atoms with Crippen LogP contribution in [0.2, 0.25) is 0 Å². The number of hydrogen-bond donors (Lipinski definition) is 2. The molecule has 0 aromatic heterocycles. The van der Waals surface area contributed by atoms with E-state index in [1.807, 2.05) is 54.6 Å². The van der Waals surface area contributed by atoms with Crippen LogP contribution in [0.1, 0.15) is 57.1 Å². The summed E-state index contributed by atoms with van der Waals surface area (Å²) in [5.41, 5.74) is 2.10. The van der Waals surface area contributed by atoms with Gasteiger partial charge in [-0.25, -0.2) is 0 Å². The SMILES string of the molecule is CCCCNCCOc1ccc([C@H]2CC(C)(C)Oc3cc(O)ccc32)cc1.c1ccccc1. The minimum atomic E-state index is -0.273. The third-order valence-electron chi connectivity index (χ3n) is 5.66. The summed E-state index contributed by atoms with van der Waals surface area (Å²) in [5, 5.41) is 13.2. The van der Waals surface area contributed by atoms with Crippen LogP contribution >= 0.6 is 0 Å². The van der Waals surface area contributed by atoms with E-state index in [-0.39, 0.29) is 17.3 Å². The summed E-state index contributed by atoms with van der Waals surface area (Å²) in [4.78, 5) is 0. The Bertz CT molecular complexity index is 928. The molecule has 0 fully saturated rings. The Hall–Kier alpha value is -2.98. The van der Waals surface area contributed by atoms with Gasteiger partial charge in [-0.15, -0.1) is 0 Å². The number of benzene rings is 3. The lowest BCUT2D eigenvalue weighted by Gasteiger charge is -2.38. The van der Waals surface area contributed by atoms with E-state index in [9.17, 15) is 5.11 Å². The predicted octanol–water partition coefficient (Wildman–Crippen LogP) is 6.54. The molecule has 1 heterocycles. The van der Waals surface area contributed by atoms with Crippen LogP contribution < -0.4 is 14.8 Å². The van der Waals surface area contributed by atoms with E-state index >= 15 is 0 Å². The lowest BCUT2D eigenvalue weighted by molar-refractivity contribution is 0.0771. The van der Waals surface area contributed by atoms with E-state index in [1.165, 1.54) is 18.4 Å². The third-order valence-corrected chi connectivity index (χ3v) is 5.66. The first-order valence-corrected chi connectivity index (χ1v) is 11.9. The molecule has 0 aliphatic carbocycles. The molecule has 4 nitrogen and oxygen atoms in total. The second kappa shape index (κ2) is 12.3. The van der Waals surface area contributed by atoms with E-state index in [2.05, 4.69) is 38.2 Å². The molecule has 1 aliphatic heterocycles. The van der Waals surface area contributed by atoms with Crippen molar-refractivity contribution < 1.29 is 14.6 Å². The molecule has 0 unspecified atom stereocenters. The van der Waals surface area contributed by atoms with Crippen molar-refractivity contribution in [2.75, 3.05) is 19.7 Å². The van der Waals surface area contributed by atoms with Crippen molar-refractivity contribution in [3.05, 3.63) is 90.0 Å². The van der Waals surface area contributed by atoms with Gasteiger partial charge in [-0.3, -0.25) is 0 Å². The smallest absolute Gasteiger partial charge is 0.127 e. The fourth-order valence-corrected chi connectivity index (χ4v) is 3.99. The molecule has 4 heteroatoms. The molecule has 176 valence electrons. The third kappa shape index (κ3) is 7.83. The highest BCUT2D eigenvalue weighted by atomic mass is 16.5. The second-order valence-electron chi connectivity index (χ2n) is 9.02. The first kappa shape index (κ1) is 24.7. The number of phenols is 1. The minimum absolute atomic E-state index is 0.237. The maximum absolute atomic E-state index is 9.80. The molecule has 0 amide bonds. The van der Waals surface area contributed by atoms with Crippen molar-refractivity contribution in [2.24, 2.45) is 0 Å². The van der Waals surface area contributed by atoms with Gasteiger partial charge in [-0.2, -0.15) is 0 Å². The fourth-order valence-electron chi connectivity index (χ4n) is 3.99. The molecule has 2 N–H and O–H groups in total. The normalized spacial score (nSPS) is 16.0. The van der Waals surface area contributed by atoms with E-state index < -0.39 is 0 Å². The summed E-state index contributed by atoms with van der Waals surface area (Å²) in [6.07, 6.45) is 3.31. The van der Waals surface area contributed by atoms with E-state index in [1.54, 1.807) is 12.1 Å². The molecule has 0 radical (unpaired) electrons.